The molecule has 0 amide bonds. The van der Waals surface area contributed by atoms with E-state index in [0.29, 0.717) is 12.1 Å². The van der Waals surface area contributed by atoms with Gasteiger partial charge in [0.15, 0.2) is 0 Å². The molecule has 13 heavy (non-hydrogen) atoms. The highest BCUT2D eigenvalue weighted by molar-refractivity contribution is 5.48. The van der Waals surface area contributed by atoms with Crippen LogP contribution in [-0.4, -0.2) is 15.8 Å². The summed E-state index contributed by atoms with van der Waals surface area (Å²) in [5, 5.41) is 0. The molecule has 0 aliphatic carbocycles. The average Bonchev–Trinajstić information content (AvgIpc) is 2.09. The zero-order chi connectivity index (χ0) is 9.84. The molecule has 5 nitrogen and oxygen atoms in total. The van der Waals surface area contributed by atoms with Gasteiger partial charge in [0, 0.05) is 24.7 Å². The number of hydrogen-bond donors (Lipinski definition) is 1. The van der Waals surface area contributed by atoms with Crippen LogP contribution in [0.1, 0.15) is 12.0 Å². The number of carbonyl (C=O) groups is 1. The number of hydrogen-bond acceptors (Lipinski definition) is 3. The highest BCUT2D eigenvalue weighted by Crippen LogP contribution is 1.85. The van der Waals surface area contributed by atoms with Gasteiger partial charge in [-0.05, 0) is 6.92 Å². The minimum atomic E-state index is -0.475. The van der Waals surface area contributed by atoms with E-state index in [1.54, 1.807) is 6.92 Å². The lowest BCUT2D eigenvalue weighted by Gasteiger charge is -2.01. The highest BCUT2D eigenvalue weighted by Gasteiger charge is 1.99. The van der Waals surface area contributed by atoms with Gasteiger partial charge >= 0.3 is 5.69 Å². The molecule has 1 rings (SSSR count). The molecule has 70 valence electrons. The van der Waals surface area contributed by atoms with Crippen LogP contribution in [0.15, 0.2) is 15.8 Å². The van der Waals surface area contributed by atoms with E-state index in [2.05, 4.69) is 4.98 Å². The first kappa shape index (κ1) is 9.44. The number of aldehydes is 1. The summed E-state index contributed by atoms with van der Waals surface area (Å²) in [6.07, 6.45) is 2.45. The van der Waals surface area contributed by atoms with Crippen molar-refractivity contribution in [3.05, 3.63) is 32.6 Å². The van der Waals surface area contributed by atoms with Gasteiger partial charge in [0.1, 0.15) is 6.29 Å². The van der Waals surface area contributed by atoms with Crippen molar-refractivity contribution in [1.29, 1.82) is 0 Å². The minimum Gasteiger partial charge on any atom is -0.303 e. The van der Waals surface area contributed by atoms with E-state index in [0.717, 1.165) is 6.29 Å². The third kappa shape index (κ3) is 2.14. The molecule has 0 saturated heterocycles. The number of nitrogens with one attached hydrogen (secondary N) is 1. The molecule has 0 radical (unpaired) electrons. The van der Waals surface area contributed by atoms with E-state index < -0.39 is 5.69 Å². The fourth-order valence-electron chi connectivity index (χ4n) is 0.976. The van der Waals surface area contributed by atoms with Crippen LogP contribution in [0.4, 0.5) is 0 Å². The van der Waals surface area contributed by atoms with Crippen molar-refractivity contribution in [3.8, 4) is 0 Å². The maximum absolute atomic E-state index is 11.1. The van der Waals surface area contributed by atoms with Crippen molar-refractivity contribution in [1.82, 2.24) is 9.55 Å². The van der Waals surface area contributed by atoms with Gasteiger partial charge in [-0.25, -0.2) is 4.79 Å². The molecule has 0 spiro atoms. The van der Waals surface area contributed by atoms with Crippen molar-refractivity contribution in [3.63, 3.8) is 0 Å². The topological polar surface area (TPSA) is 71.9 Å². The number of H-pyrrole nitrogens is 1. The predicted octanol–water partition coefficient (Wildman–Crippen LogP) is -0.566. The second-order valence-corrected chi connectivity index (χ2v) is 2.72. The lowest BCUT2D eigenvalue weighted by atomic mass is 10.4. The first-order chi connectivity index (χ1) is 6.15. The van der Waals surface area contributed by atoms with Crippen LogP contribution < -0.4 is 11.2 Å². The van der Waals surface area contributed by atoms with Crippen molar-refractivity contribution in [2.45, 2.75) is 19.9 Å². The minimum absolute atomic E-state index is 0.269. The van der Waals surface area contributed by atoms with E-state index in [9.17, 15) is 14.4 Å². The lowest BCUT2D eigenvalue weighted by Crippen LogP contribution is -2.30. The summed E-state index contributed by atoms with van der Waals surface area (Å²) in [5.74, 6) is 0. The molecule has 0 aliphatic heterocycles. The van der Waals surface area contributed by atoms with E-state index >= 15 is 0 Å². The summed E-state index contributed by atoms with van der Waals surface area (Å²) in [6, 6.07) is 0. The van der Waals surface area contributed by atoms with E-state index in [4.69, 9.17) is 0 Å². The zero-order valence-electron chi connectivity index (χ0n) is 7.24. The Morgan fingerprint density at radius 1 is 1.54 bits per heavy atom. The van der Waals surface area contributed by atoms with Crippen molar-refractivity contribution >= 4 is 6.29 Å². The van der Waals surface area contributed by atoms with Crippen LogP contribution in [0.3, 0.4) is 0 Å². The monoisotopic (exact) mass is 182 g/mol. The number of rotatable bonds is 3. The van der Waals surface area contributed by atoms with E-state index in [1.807, 2.05) is 0 Å². The van der Waals surface area contributed by atoms with Crippen molar-refractivity contribution < 1.29 is 4.79 Å². The molecule has 0 aromatic carbocycles. The molecule has 5 heteroatoms. The van der Waals surface area contributed by atoms with Gasteiger partial charge in [-0.3, -0.25) is 14.3 Å². The zero-order valence-corrected chi connectivity index (χ0v) is 7.24. The van der Waals surface area contributed by atoms with Crippen LogP contribution in [-0.2, 0) is 11.3 Å². The number of carbonyl (C=O) groups excluding carboxylic acids is 1. The molecule has 1 aromatic rings. The molecule has 1 heterocycles. The van der Waals surface area contributed by atoms with Crippen molar-refractivity contribution in [2.24, 2.45) is 0 Å². The predicted molar refractivity (Wildman–Crippen MR) is 46.7 cm³/mol. The van der Waals surface area contributed by atoms with Gasteiger partial charge in [0.05, 0.1) is 0 Å². The molecule has 0 atom stereocenters. The molecular weight excluding hydrogens is 172 g/mol. The average molecular weight is 182 g/mol. The number of aromatic nitrogens is 2. The van der Waals surface area contributed by atoms with Crippen LogP contribution in [0.5, 0.6) is 0 Å². The summed E-state index contributed by atoms with van der Waals surface area (Å²) in [7, 11) is 0. The van der Waals surface area contributed by atoms with Crippen molar-refractivity contribution in [2.75, 3.05) is 0 Å². The molecule has 0 fully saturated rings. The van der Waals surface area contributed by atoms with Crippen LogP contribution >= 0.6 is 0 Å². The third-order valence-electron chi connectivity index (χ3n) is 1.68. The maximum atomic E-state index is 11.1. The Kier molecular flexibility index (Phi) is 2.79. The molecule has 0 unspecified atom stereocenters. The smallest absolute Gasteiger partial charge is 0.303 e. The number of aromatic amines is 1. The normalized spacial score (nSPS) is 9.92. The Hall–Kier alpha value is -1.65. The van der Waals surface area contributed by atoms with Crippen LogP contribution in [0.25, 0.3) is 0 Å². The van der Waals surface area contributed by atoms with Gasteiger partial charge < -0.3 is 4.79 Å². The molecular formula is C8H10N2O3. The molecule has 0 aliphatic rings. The quantitative estimate of drug-likeness (QED) is 0.636. The number of nitrogens with zero attached hydrogens (tertiary/aromatic N) is 1. The van der Waals surface area contributed by atoms with Crippen LogP contribution in [0.2, 0.25) is 0 Å². The fourth-order valence-corrected chi connectivity index (χ4v) is 0.976. The Labute approximate surface area is 74.0 Å². The Morgan fingerprint density at radius 2 is 2.23 bits per heavy atom. The first-order valence-electron chi connectivity index (χ1n) is 3.89. The fraction of sp³-hybridized carbons (Fsp3) is 0.375. The molecule has 0 bridgehead atoms. The molecule has 1 N–H and O–H groups in total. The summed E-state index contributed by atoms with van der Waals surface area (Å²) < 4.78 is 1.31. The maximum Gasteiger partial charge on any atom is 0.328 e. The Morgan fingerprint density at radius 3 is 2.85 bits per heavy atom. The Balaban J connectivity index is 3.08. The molecule has 0 saturated carbocycles. The SMILES string of the molecule is Cc1cn(CCC=O)c(=O)[nH]c1=O. The van der Waals surface area contributed by atoms with Gasteiger partial charge in [-0.2, -0.15) is 0 Å². The standard InChI is InChI=1S/C8H10N2O3/c1-6-5-10(3-2-4-11)8(13)9-7(6)12/h4-5H,2-3H2,1H3,(H,9,12,13). The summed E-state index contributed by atoms with van der Waals surface area (Å²) in [4.78, 5) is 34.2. The first-order valence-corrected chi connectivity index (χ1v) is 3.89. The Bertz CT molecular complexity index is 416. The van der Waals surface area contributed by atoms with Gasteiger partial charge in [-0.15, -0.1) is 0 Å². The summed E-state index contributed by atoms with van der Waals surface area (Å²) in [5.41, 5.74) is -0.393. The number of aryl methyl sites for hydroxylation is 2. The second kappa shape index (κ2) is 3.84. The largest absolute Gasteiger partial charge is 0.328 e. The highest BCUT2D eigenvalue weighted by atomic mass is 16.2. The van der Waals surface area contributed by atoms with Gasteiger partial charge in [0.2, 0.25) is 0 Å². The second-order valence-electron chi connectivity index (χ2n) is 2.72. The summed E-state index contributed by atoms with van der Waals surface area (Å²) >= 11 is 0. The summed E-state index contributed by atoms with van der Waals surface area (Å²) in [6.45, 7) is 1.91. The lowest BCUT2D eigenvalue weighted by molar-refractivity contribution is -0.108. The van der Waals surface area contributed by atoms with Crippen LogP contribution in [0, 0.1) is 6.92 Å². The third-order valence-corrected chi connectivity index (χ3v) is 1.68. The van der Waals surface area contributed by atoms with E-state index in [-0.39, 0.29) is 12.0 Å². The van der Waals surface area contributed by atoms with E-state index in [1.165, 1.54) is 10.8 Å². The van der Waals surface area contributed by atoms with Gasteiger partial charge in [0.25, 0.3) is 5.56 Å². The van der Waals surface area contributed by atoms with Gasteiger partial charge in [-0.1, -0.05) is 0 Å². The molecule has 1 aromatic heterocycles.